The Balaban J connectivity index is 1.67. The van der Waals surface area contributed by atoms with Crippen molar-refractivity contribution in [2.45, 2.75) is 52.4 Å². The third-order valence-corrected chi connectivity index (χ3v) is 5.28. The van der Waals surface area contributed by atoms with Crippen molar-refractivity contribution >= 4 is 17.5 Å². The highest BCUT2D eigenvalue weighted by molar-refractivity contribution is 6.00. The molecule has 0 saturated carbocycles. The van der Waals surface area contributed by atoms with Gasteiger partial charge in [-0.2, -0.15) is 9.78 Å². The van der Waals surface area contributed by atoms with E-state index in [1.165, 1.54) is 4.68 Å². The van der Waals surface area contributed by atoms with Crippen molar-refractivity contribution < 1.29 is 9.53 Å². The Kier molecular flexibility index (Phi) is 5.73. The highest BCUT2D eigenvalue weighted by Gasteiger charge is 2.24. The van der Waals surface area contributed by atoms with E-state index < -0.39 is 6.03 Å². The van der Waals surface area contributed by atoms with Crippen LogP contribution in [0.1, 0.15) is 51.1 Å². The Morgan fingerprint density at radius 1 is 1.22 bits per heavy atom. The van der Waals surface area contributed by atoms with E-state index in [1.54, 1.807) is 18.2 Å². The molecule has 0 saturated heterocycles. The zero-order valence-electron chi connectivity index (χ0n) is 18.8. The molecule has 2 aromatic heterocycles. The Morgan fingerprint density at radius 2 is 2.00 bits per heavy atom. The van der Waals surface area contributed by atoms with Crippen molar-refractivity contribution in [3.63, 3.8) is 0 Å². The topological polar surface area (TPSA) is 114 Å². The van der Waals surface area contributed by atoms with Crippen molar-refractivity contribution in [1.82, 2.24) is 19.7 Å². The number of benzene rings is 1. The molecule has 2 heterocycles. The number of carbonyl (C=O) groups is 1. The molecular formula is C23H28N6O3. The highest BCUT2D eigenvalue weighted by Crippen LogP contribution is 2.27. The van der Waals surface area contributed by atoms with Crippen LogP contribution in [0.2, 0.25) is 0 Å². The number of aromatic amines is 1. The third kappa shape index (κ3) is 4.37. The Hall–Kier alpha value is -3.62. The van der Waals surface area contributed by atoms with E-state index in [0.29, 0.717) is 23.9 Å². The number of nitrogens with one attached hydrogen (secondary N) is 3. The monoisotopic (exact) mass is 436 g/mol. The van der Waals surface area contributed by atoms with Gasteiger partial charge < -0.3 is 10.1 Å². The van der Waals surface area contributed by atoms with Crippen LogP contribution < -0.4 is 20.9 Å². The first-order chi connectivity index (χ1) is 15.3. The molecule has 2 amide bonds. The van der Waals surface area contributed by atoms with Gasteiger partial charge in [0, 0.05) is 17.0 Å². The fraction of sp³-hybridized carbons (Fsp3) is 0.391. The van der Waals surface area contributed by atoms with Gasteiger partial charge in [-0.1, -0.05) is 32.9 Å². The second kappa shape index (κ2) is 8.49. The van der Waals surface area contributed by atoms with Crippen molar-refractivity contribution in [3.05, 3.63) is 57.6 Å². The molecule has 0 spiro atoms. The van der Waals surface area contributed by atoms with Crippen LogP contribution in [0.25, 0.3) is 5.95 Å². The van der Waals surface area contributed by atoms with E-state index >= 15 is 0 Å². The predicted molar refractivity (Wildman–Crippen MR) is 123 cm³/mol. The quantitative estimate of drug-likeness (QED) is 0.563. The normalized spacial score (nSPS) is 13.0. The first kappa shape index (κ1) is 21.6. The molecular weight excluding hydrogens is 408 g/mol. The third-order valence-electron chi connectivity index (χ3n) is 5.28. The van der Waals surface area contributed by atoms with Gasteiger partial charge in [0.2, 0.25) is 5.95 Å². The van der Waals surface area contributed by atoms with Crippen molar-refractivity contribution in [2.75, 3.05) is 17.2 Å². The number of hydrogen-bond acceptors (Lipinski definition) is 5. The molecule has 168 valence electrons. The fourth-order valence-electron chi connectivity index (χ4n) is 3.65. The maximum absolute atomic E-state index is 12.8. The van der Waals surface area contributed by atoms with Crippen LogP contribution in [-0.2, 0) is 18.3 Å². The van der Waals surface area contributed by atoms with E-state index in [0.717, 1.165) is 36.2 Å². The summed E-state index contributed by atoms with van der Waals surface area (Å²) in [6, 6.07) is 8.56. The molecule has 0 bridgehead atoms. The number of hydrogen-bond donors (Lipinski definition) is 3. The number of rotatable bonds is 5. The highest BCUT2D eigenvalue weighted by atomic mass is 16.5. The smallest absolute Gasteiger partial charge is 0.324 e. The van der Waals surface area contributed by atoms with Crippen molar-refractivity contribution in [3.8, 4) is 11.7 Å². The lowest BCUT2D eigenvalue weighted by Gasteiger charge is -2.14. The first-order valence-electron chi connectivity index (χ1n) is 10.8. The number of carbonyl (C=O) groups excluding carboxylic acids is 1. The van der Waals surface area contributed by atoms with Crippen molar-refractivity contribution in [2.24, 2.45) is 0 Å². The molecule has 0 unspecified atom stereocenters. The molecule has 0 atom stereocenters. The summed E-state index contributed by atoms with van der Waals surface area (Å²) in [5.41, 5.74) is 2.41. The van der Waals surface area contributed by atoms with Gasteiger partial charge in [-0.25, -0.2) is 9.78 Å². The summed E-state index contributed by atoms with van der Waals surface area (Å²) < 4.78 is 7.06. The minimum Gasteiger partial charge on any atom is -0.492 e. The Bertz CT molecular complexity index is 1210. The van der Waals surface area contributed by atoms with Gasteiger partial charge in [-0.15, -0.1) is 0 Å². The van der Waals surface area contributed by atoms with E-state index in [-0.39, 0.29) is 16.9 Å². The van der Waals surface area contributed by atoms with Gasteiger partial charge in [0.1, 0.15) is 11.6 Å². The average Bonchev–Trinajstić information content (AvgIpc) is 3.36. The molecule has 0 aliphatic heterocycles. The Morgan fingerprint density at radius 3 is 2.75 bits per heavy atom. The van der Waals surface area contributed by atoms with E-state index in [2.05, 4.69) is 25.7 Å². The van der Waals surface area contributed by atoms with E-state index in [4.69, 9.17) is 4.74 Å². The number of aryl methyl sites for hydroxylation is 1. The van der Waals surface area contributed by atoms with Gasteiger partial charge in [0.25, 0.3) is 5.56 Å². The zero-order valence-corrected chi connectivity index (χ0v) is 18.8. The molecule has 9 heteroatoms. The molecule has 3 N–H and O–H groups in total. The SMILES string of the molecule is CCOc1ccccc1NC(=O)Nc1cc(C(C)(C)C)nn1-c1nc2c(c(=O)[nH]1)CCC2. The number of fused-ring (bicyclic) bond motifs is 1. The first-order valence-corrected chi connectivity index (χ1v) is 10.8. The van der Waals surface area contributed by atoms with Crippen molar-refractivity contribution in [1.29, 1.82) is 0 Å². The van der Waals surface area contributed by atoms with Crippen LogP contribution in [-0.4, -0.2) is 32.4 Å². The largest absolute Gasteiger partial charge is 0.492 e. The second-order valence-corrected chi connectivity index (χ2v) is 8.75. The average molecular weight is 437 g/mol. The molecule has 32 heavy (non-hydrogen) atoms. The molecule has 1 aliphatic rings. The molecule has 1 aliphatic carbocycles. The number of ether oxygens (including phenoxy) is 1. The standard InChI is InChI=1S/C23H28N6O3/c1-5-32-17-12-7-6-10-16(17)25-22(31)26-19-13-18(23(2,3)4)28-29(19)21-24-15-11-8-9-14(15)20(30)27-21/h6-7,10,12-13H,5,8-9,11H2,1-4H3,(H,24,27,30)(H2,25,26,31). The number of aromatic nitrogens is 4. The number of anilines is 2. The summed E-state index contributed by atoms with van der Waals surface area (Å²) in [6.45, 7) is 8.45. The summed E-state index contributed by atoms with van der Waals surface area (Å²) in [4.78, 5) is 32.8. The van der Waals surface area contributed by atoms with Gasteiger partial charge in [0.15, 0.2) is 0 Å². The molecule has 4 rings (SSSR count). The minimum atomic E-state index is -0.456. The Labute approximate surface area is 186 Å². The second-order valence-electron chi connectivity index (χ2n) is 8.75. The van der Waals surface area contributed by atoms with Gasteiger partial charge in [-0.05, 0) is 38.3 Å². The summed E-state index contributed by atoms with van der Waals surface area (Å²) in [5.74, 6) is 1.28. The molecule has 0 radical (unpaired) electrons. The molecule has 0 fully saturated rings. The lowest BCUT2D eigenvalue weighted by molar-refractivity contribution is 0.261. The van der Waals surface area contributed by atoms with E-state index in [1.807, 2.05) is 39.8 Å². The van der Waals surface area contributed by atoms with Crippen LogP contribution in [0.5, 0.6) is 5.75 Å². The maximum atomic E-state index is 12.8. The number of amides is 2. The minimum absolute atomic E-state index is 0.156. The van der Waals surface area contributed by atoms with Crippen LogP contribution >= 0.6 is 0 Å². The van der Waals surface area contributed by atoms with Gasteiger partial charge in [-0.3, -0.25) is 15.1 Å². The maximum Gasteiger partial charge on any atom is 0.324 e. The lowest BCUT2D eigenvalue weighted by Crippen LogP contribution is -2.24. The molecule has 3 aromatic rings. The number of para-hydroxylation sites is 2. The predicted octanol–water partition coefficient (Wildman–Crippen LogP) is 3.78. The summed E-state index contributed by atoms with van der Waals surface area (Å²) in [5, 5.41) is 10.3. The molecule has 1 aromatic carbocycles. The lowest BCUT2D eigenvalue weighted by atomic mass is 9.92. The fourth-order valence-corrected chi connectivity index (χ4v) is 3.65. The van der Waals surface area contributed by atoms with Gasteiger partial charge >= 0.3 is 6.03 Å². The van der Waals surface area contributed by atoms with E-state index in [9.17, 15) is 9.59 Å². The van der Waals surface area contributed by atoms with Gasteiger partial charge in [0.05, 0.1) is 23.7 Å². The van der Waals surface area contributed by atoms with Crippen LogP contribution in [0.15, 0.2) is 35.1 Å². The zero-order chi connectivity index (χ0) is 22.9. The summed E-state index contributed by atoms with van der Waals surface area (Å²) >= 11 is 0. The summed E-state index contributed by atoms with van der Waals surface area (Å²) in [6.07, 6.45) is 2.40. The summed E-state index contributed by atoms with van der Waals surface area (Å²) in [7, 11) is 0. The number of nitrogens with zero attached hydrogens (tertiary/aromatic N) is 3. The van der Waals surface area contributed by atoms with Crippen LogP contribution in [0.4, 0.5) is 16.3 Å². The number of H-pyrrole nitrogens is 1. The van der Waals surface area contributed by atoms with Crippen LogP contribution in [0, 0.1) is 0 Å². The molecule has 9 nitrogen and oxygen atoms in total. The van der Waals surface area contributed by atoms with Crippen LogP contribution in [0.3, 0.4) is 0 Å². The number of urea groups is 1.